The lowest BCUT2D eigenvalue weighted by Gasteiger charge is -2.26. The van der Waals surface area contributed by atoms with E-state index in [9.17, 15) is 9.59 Å². The van der Waals surface area contributed by atoms with Gasteiger partial charge >= 0.3 is 5.97 Å². The van der Waals surface area contributed by atoms with Gasteiger partial charge in [-0.2, -0.15) is 0 Å². The van der Waals surface area contributed by atoms with Crippen LogP contribution in [0.5, 0.6) is 0 Å². The fourth-order valence-electron chi connectivity index (χ4n) is 3.50. The van der Waals surface area contributed by atoms with Gasteiger partial charge in [-0.25, -0.2) is 4.79 Å². The van der Waals surface area contributed by atoms with Gasteiger partial charge in [0.1, 0.15) is 0 Å². The van der Waals surface area contributed by atoms with Crippen LogP contribution in [0.1, 0.15) is 15.9 Å². The van der Waals surface area contributed by atoms with Gasteiger partial charge in [0.2, 0.25) is 0 Å². The Labute approximate surface area is 175 Å². The summed E-state index contributed by atoms with van der Waals surface area (Å²) in [5.41, 5.74) is 2.25. The predicted molar refractivity (Wildman–Crippen MR) is 115 cm³/mol. The molecule has 6 heteroatoms. The Morgan fingerprint density at radius 2 is 1.67 bits per heavy atom. The fraction of sp³-hybridized carbons (Fsp3) is 0.250. The van der Waals surface area contributed by atoms with E-state index in [1.165, 1.54) is 0 Å². The Kier molecular flexibility index (Phi) is 6.37. The van der Waals surface area contributed by atoms with Crippen LogP contribution >= 0.6 is 0 Å². The second-order valence-electron chi connectivity index (χ2n) is 7.24. The van der Waals surface area contributed by atoms with Crippen LogP contribution in [0.15, 0.2) is 66.7 Å². The number of carbonyl (C=O) groups is 2. The average Bonchev–Trinajstić information content (AvgIpc) is 2.79. The van der Waals surface area contributed by atoms with Crippen LogP contribution in [0.3, 0.4) is 0 Å². The van der Waals surface area contributed by atoms with Gasteiger partial charge in [0.15, 0.2) is 6.61 Å². The van der Waals surface area contributed by atoms with Gasteiger partial charge in [-0.15, -0.1) is 0 Å². The third kappa shape index (κ3) is 5.03. The number of ether oxygens (including phenoxy) is 2. The first-order valence-electron chi connectivity index (χ1n) is 10.0. The quantitative estimate of drug-likeness (QED) is 0.637. The number of benzene rings is 3. The van der Waals surface area contributed by atoms with Crippen molar-refractivity contribution in [3.05, 3.63) is 77.9 Å². The minimum Gasteiger partial charge on any atom is -0.452 e. The van der Waals surface area contributed by atoms with E-state index in [1.807, 2.05) is 54.6 Å². The molecule has 0 radical (unpaired) electrons. The molecule has 4 rings (SSSR count). The first-order chi connectivity index (χ1) is 14.7. The molecule has 0 unspecified atom stereocenters. The molecular weight excluding hydrogens is 380 g/mol. The highest BCUT2D eigenvalue weighted by atomic mass is 16.5. The lowest BCUT2D eigenvalue weighted by Crippen LogP contribution is -2.35. The molecule has 1 amide bonds. The molecule has 1 saturated heterocycles. The summed E-state index contributed by atoms with van der Waals surface area (Å²) in [6.45, 7) is 3.82. The third-order valence-electron chi connectivity index (χ3n) is 5.10. The van der Waals surface area contributed by atoms with E-state index >= 15 is 0 Å². The highest BCUT2D eigenvalue weighted by molar-refractivity contribution is 6.03. The standard InChI is InChI=1S/C24H24N2O4/c27-23(25-22-7-3-5-19-4-1-2-6-21(19)22)17-30-24(28)20-10-8-18(9-11-20)16-26-12-14-29-15-13-26/h1-11H,12-17H2,(H,25,27). The van der Waals surface area contributed by atoms with Crippen molar-refractivity contribution in [2.45, 2.75) is 6.54 Å². The molecular formula is C24H24N2O4. The molecule has 0 spiro atoms. The van der Waals surface area contributed by atoms with Crippen LogP contribution in [0.2, 0.25) is 0 Å². The van der Waals surface area contributed by atoms with Crippen molar-refractivity contribution < 1.29 is 19.1 Å². The number of esters is 1. The maximum Gasteiger partial charge on any atom is 0.338 e. The van der Waals surface area contributed by atoms with E-state index in [4.69, 9.17) is 9.47 Å². The molecule has 1 N–H and O–H groups in total. The molecule has 1 aliphatic rings. The van der Waals surface area contributed by atoms with E-state index in [0.717, 1.165) is 49.2 Å². The van der Waals surface area contributed by atoms with Gasteiger partial charge in [0.05, 0.1) is 18.8 Å². The number of amides is 1. The molecule has 0 bridgehead atoms. The van der Waals surface area contributed by atoms with Crippen LogP contribution in [-0.4, -0.2) is 49.7 Å². The maximum absolute atomic E-state index is 12.3. The zero-order valence-corrected chi connectivity index (χ0v) is 16.7. The lowest BCUT2D eigenvalue weighted by atomic mass is 10.1. The molecule has 154 valence electrons. The number of nitrogens with zero attached hydrogens (tertiary/aromatic N) is 1. The topological polar surface area (TPSA) is 67.9 Å². The Morgan fingerprint density at radius 1 is 0.933 bits per heavy atom. The van der Waals surface area contributed by atoms with Crippen LogP contribution in [-0.2, 0) is 20.8 Å². The van der Waals surface area contributed by atoms with Gasteiger partial charge in [-0.3, -0.25) is 9.69 Å². The largest absolute Gasteiger partial charge is 0.452 e. The van der Waals surface area contributed by atoms with Crippen molar-refractivity contribution in [1.29, 1.82) is 0 Å². The number of hydrogen-bond donors (Lipinski definition) is 1. The summed E-state index contributed by atoms with van der Waals surface area (Å²) in [6.07, 6.45) is 0. The van der Waals surface area contributed by atoms with Crippen LogP contribution in [0, 0.1) is 0 Å². The first-order valence-corrected chi connectivity index (χ1v) is 10.0. The highest BCUT2D eigenvalue weighted by Gasteiger charge is 2.13. The van der Waals surface area contributed by atoms with Crippen molar-refractivity contribution >= 4 is 28.3 Å². The summed E-state index contributed by atoms with van der Waals surface area (Å²) in [4.78, 5) is 26.9. The molecule has 1 aliphatic heterocycles. The zero-order valence-electron chi connectivity index (χ0n) is 16.7. The van der Waals surface area contributed by atoms with Crippen molar-refractivity contribution in [1.82, 2.24) is 4.90 Å². The van der Waals surface area contributed by atoms with Crippen LogP contribution in [0.25, 0.3) is 10.8 Å². The number of anilines is 1. The number of carbonyl (C=O) groups excluding carboxylic acids is 2. The van der Waals surface area contributed by atoms with Gasteiger partial charge < -0.3 is 14.8 Å². The van der Waals surface area contributed by atoms with E-state index in [0.29, 0.717) is 11.3 Å². The first kappa shape index (κ1) is 20.1. The molecule has 0 atom stereocenters. The lowest BCUT2D eigenvalue weighted by molar-refractivity contribution is -0.119. The summed E-state index contributed by atoms with van der Waals surface area (Å²) < 4.78 is 10.5. The number of morpholine rings is 1. The third-order valence-corrected chi connectivity index (χ3v) is 5.10. The SMILES string of the molecule is O=C(COC(=O)c1ccc(CN2CCOCC2)cc1)Nc1cccc2ccccc12. The summed E-state index contributed by atoms with van der Waals surface area (Å²) in [7, 11) is 0. The molecule has 3 aromatic carbocycles. The van der Waals surface area contributed by atoms with E-state index in [1.54, 1.807) is 12.1 Å². The van der Waals surface area contributed by atoms with Gasteiger partial charge in [-0.1, -0.05) is 48.5 Å². The van der Waals surface area contributed by atoms with Crippen molar-refractivity contribution in [3.63, 3.8) is 0 Å². The van der Waals surface area contributed by atoms with Gasteiger partial charge in [0.25, 0.3) is 5.91 Å². The average molecular weight is 404 g/mol. The van der Waals surface area contributed by atoms with Crippen LogP contribution in [0.4, 0.5) is 5.69 Å². The van der Waals surface area contributed by atoms with Gasteiger partial charge in [0, 0.05) is 30.7 Å². The summed E-state index contributed by atoms with van der Waals surface area (Å²) in [5, 5.41) is 4.79. The molecule has 30 heavy (non-hydrogen) atoms. The summed E-state index contributed by atoms with van der Waals surface area (Å²) in [6, 6.07) is 20.8. The molecule has 0 saturated carbocycles. The van der Waals surface area contributed by atoms with Crippen molar-refractivity contribution in [2.24, 2.45) is 0 Å². The van der Waals surface area contributed by atoms with E-state index in [-0.39, 0.29) is 12.5 Å². The maximum atomic E-state index is 12.3. The normalized spacial score (nSPS) is 14.4. The number of hydrogen-bond acceptors (Lipinski definition) is 5. The van der Waals surface area contributed by atoms with Crippen molar-refractivity contribution in [2.75, 3.05) is 38.2 Å². The second-order valence-corrected chi connectivity index (χ2v) is 7.24. The number of fused-ring (bicyclic) bond motifs is 1. The second kappa shape index (κ2) is 9.52. The Hall–Kier alpha value is -3.22. The minimum absolute atomic E-state index is 0.336. The highest BCUT2D eigenvalue weighted by Crippen LogP contribution is 2.22. The predicted octanol–water partition coefficient (Wildman–Crippen LogP) is 3.47. The smallest absolute Gasteiger partial charge is 0.338 e. The molecule has 6 nitrogen and oxygen atoms in total. The molecule has 1 heterocycles. The van der Waals surface area contributed by atoms with E-state index in [2.05, 4.69) is 10.2 Å². The Balaban J connectivity index is 1.30. The molecule has 3 aromatic rings. The summed E-state index contributed by atoms with van der Waals surface area (Å²) in [5.74, 6) is -0.885. The monoisotopic (exact) mass is 404 g/mol. The molecule has 0 aliphatic carbocycles. The Morgan fingerprint density at radius 3 is 2.47 bits per heavy atom. The van der Waals surface area contributed by atoms with Crippen LogP contribution < -0.4 is 5.32 Å². The molecule has 1 fully saturated rings. The minimum atomic E-state index is -0.513. The number of rotatable bonds is 6. The van der Waals surface area contributed by atoms with E-state index < -0.39 is 5.97 Å². The Bertz CT molecular complexity index is 1020. The van der Waals surface area contributed by atoms with Gasteiger partial charge in [-0.05, 0) is 29.1 Å². The molecule has 0 aromatic heterocycles. The summed E-state index contributed by atoms with van der Waals surface area (Å²) >= 11 is 0. The fourth-order valence-corrected chi connectivity index (χ4v) is 3.50. The zero-order chi connectivity index (χ0) is 20.8. The van der Waals surface area contributed by atoms with Crippen molar-refractivity contribution in [3.8, 4) is 0 Å². The number of nitrogens with one attached hydrogen (secondary N) is 1.